The van der Waals surface area contributed by atoms with Crippen molar-refractivity contribution in [2.75, 3.05) is 40.9 Å². The number of phosphoric acid groups is 1. The Morgan fingerprint density at radius 2 is 0.696 bits per heavy atom. The predicted octanol–water partition coefficient (Wildman–Crippen LogP) is 21.6. The number of nitrogens with zero attached hydrogens (tertiary/aromatic N) is 1. The molecule has 0 aliphatic heterocycles. The number of quaternary nitrogens is 1. The van der Waals surface area contributed by atoms with Crippen LogP contribution < -0.4 is 10.2 Å². The second kappa shape index (κ2) is 61.5. The molecule has 0 aromatic carbocycles. The number of hydrogen-bond donors (Lipinski definition) is 2. The fourth-order valence-electron chi connectivity index (χ4n) is 10.9. The summed E-state index contributed by atoms with van der Waals surface area (Å²) in [7, 11) is 1.28. The predicted molar refractivity (Wildman–Crippen MR) is 344 cm³/mol. The summed E-state index contributed by atoms with van der Waals surface area (Å²) in [5.41, 5.74) is 0. The maximum absolute atomic E-state index is 13.0. The molecule has 2 N–H and O–H groups in total. The van der Waals surface area contributed by atoms with Crippen LogP contribution >= 0.6 is 7.82 Å². The van der Waals surface area contributed by atoms with Gasteiger partial charge in [0.1, 0.15) is 13.2 Å². The lowest BCUT2D eigenvalue weighted by molar-refractivity contribution is -0.870. The van der Waals surface area contributed by atoms with Gasteiger partial charge in [-0.1, -0.05) is 340 Å². The quantitative estimate of drug-likeness (QED) is 0.0272. The van der Waals surface area contributed by atoms with E-state index in [0.717, 1.165) is 38.5 Å². The van der Waals surface area contributed by atoms with Gasteiger partial charge in [-0.2, -0.15) is 0 Å². The van der Waals surface area contributed by atoms with Gasteiger partial charge in [-0.3, -0.25) is 9.36 Å². The topological polar surface area (TPSA) is 108 Å². The van der Waals surface area contributed by atoms with Gasteiger partial charge in [-0.25, -0.2) is 0 Å². The van der Waals surface area contributed by atoms with E-state index in [1.165, 1.54) is 308 Å². The fourth-order valence-corrected chi connectivity index (χ4v) is 11.6. The zero-order valence-electron chi connectivity index (χ0n) is 53.9. The van der Waals surface area contributed by atoms with Gasteiger partial charge in [0.15, 0.2) is 0 Å². The minimum Gasteiger partial charge on any atom is -0.756 e. The number of phosphoric ester groups is 1. The lowest BCUT2D eigenvalue weighted by Gasteiger charge is -2.29. The number of aliphatic hydroxyl groups is 1. The zero-order chi connectivity index (χ0) is 57.7. The highest BCUT2D eigenvalue weighted by atomic mass is 31.2. The van der Waals surface area contributed by atoms with Gasteiger partial charge in [-0.15, -0.1) is 0 Å². The van der Waals surface area contributed by atoms with E-state index in [1.54, 1.807) is 6.08 Å². The molecule has 0 bridgehead atoms. The van der Waals surface area contributed by atoms with Gasteiger partial charge in [-0.05, 0) is 44.9 Å². The molecular weight excluding hydrogens is 996 g/mol. The molecule has 0 aliphatic rings. The Kier molecular flexibility index (Phi) is 60.7. The first-order valence-corrected chi connectivity index (χ1v) is 36.7. The summed E-state index contributed by atoms with van der Waals surface area (Å²) in [6.07, 6.45) is 80.2. The Hall–Kier alpha value is -1.02. The van der Waals surface area contributed by atoms with Crippen molar-refractivity contribution in [3.8, 4) is 0 Å². The van der Waals surface area contributed by atoms with E-state index in [1.807, 2.05) is 27.2 Å². The zero-order valence-corrected chi connectivity index (χ0v) is 54.8. The van der Waals surface area contributed by atoms with E-state index in [-0.39, 0.29) is 19.1 Å². The first kappa shape index (κ1) is 78.0. The number of carbonyl (C=O) groups excluding carboxylic acids is 1. The van der Waals surface area contributed by atoms with Crippen molar-refractivity contribution in [3.05, 3.63) is 24.3 Å². The lowest BCUT2D eigenvalue weighted by atomic mass is 10.0. The molecule has 0 saturated heterocycles. The monoisotopic (exact) mass is 1140 g/mol. The van der Waals surface area contributed by atoms with Gasteiger partial charge in [0.2, 0.25) is 5.91 Å². The minimum absolute atomic E-state index is 0.00177. The van der Waals surface area contributed by atoms with Crippen LogP contribution in [0.15, 0.2) is 24.3 Å². The van der Waals surface area contributed by atoms with Gasteiger partial charge in [0.05, 0.1) is 39.9 Å². The molecule has 0 aromatic rings. The van der Waals surface area contributed by atoms with Crippen LogP contribution in [0.2, 0.25) is 0 Å². The molecular formula is C70H139N2O6P. The second-order valence-electron chi connectivity index (χ2n) is 25.6. The molecule has 470 valence electrons. The van der Waals surface area contributed by atoms with Crippen molar-refractivity contribution in [1.29, 1.82) is 0 Å². The largest absolute Gasteiger partial charge is 0.756 e. The highest BCUT2D eigenvalue weighted by Gasteiger charge is 2.23. The van der Waals surface area contributed by atoms with Crippen LogP contribution in [0, 0.1) is 0 Å². The van der Waals surface area contributed by atoms with Crippen molar-refractivity contribution in [2.45, 2.75) is 379 Å². The molecule has 1 amide bonds. The van der Waals surface area contributed by atoms with Crippen LogP contribution in [0.3, 0.4) is 0 Å². The Labute approximate surface area is 494 Å². The highest BCUT2D eigenvalue weighted by molar-refractivity contribution is 7.45. The number of allylic oxidation sites excluding steroid dienone is 3. The van der Waals surface area contributed by atoms with Gasteiger partial charge >= 0.3 is 0 Å². The van der Waals surface area contributed by atoms with Gasteiger partial charge in [0.25, 0.3) is 7.82 Å². The van der Waals surface area contributed by atoms with E-state index < -0.39 is 20.0 Å². The Morgan fingerprint density at radius 3 is 0.987 bits per heavy atom. The smallest absolute Gasteiger partial charge is 0.268 e. The summed E-state index contributed by atoms with van der Waals surface area (Å²) >= 11 is 0. The van der Waals surface area contributed by atoms with Crippen LogP contribution in [-0.2, 0) is 18.4 Å². The normalized spacial score (nSPS) is 13.8. The lowest BCUT2D eigenvalue weighted by Crippen LogP contribution is -2.45. The summed E-state index contributed by atoms with van der Waals surface area (Å²) in [5.74, 6) is -0.189. The number of hydrogen-bond acceptors (Lipinski definition) is 6. The Morgan fingerprint density at radius 1 is 0.430 bits per heavy atom. The number of likely N-dealkylation sites (N-methyl/N-ethyl adjacent to an activating group) is 1. The van der Waals surface area contributed by atoms with Crippen molar-refractivity contribution >= 4 is 13.7 Å². The van der Waals surface area contributed by atoms with E-state index in [9.17, 15) is 19.4 Å². The summed E-state index contributed by atoms with van der Waals surface area (Å²) < 4.78 is 23.5. The molecule has 0 spiro atoms. The molecule has 3 unspecified atom stereocenters. The molecule has 0 saturated carbocycles. The number of carbonyl (C=O) groups is 1. The molecule has 8 nitrogen and oxygen atoms in total. The average molecular weight is 1140 g/mol. The first-order valence-electron chi connectivity index (χ1n) is 35.2. The fraction of sp³-hybridized carbons (Fsp3) is 0.929. The number of rotatable bonds is 66. The van der Waals surface area contributed by atoms with Crippen LogP contribution in [0.4, 0.5) is 0 Å². The summed E-state index contributed by atoms with van der Waals surface area (Å²) in [4.78, 5) is 25.6. The molecule has 0 radical (unpaired) electrons. The van der Waals surface area contributed by atoms with Gasteiger partial charge in [0, 0.05) is 6.42 Å². The summed E-state index contributed by atoms with van der Waals surface area (Å²) in [6.45, 7) is 4.72. The van der Waals surface area contributed by atoms with Crippen molar-refractivity contribution in [3.63, 3.8) is 0 Å². The molecule has 9 heteroatoms. The molecule has 0 fully saturated rings. The van der Waals surface area contributed by atoms with E-state index in [4.69, 9.17) is 9.05 Å². The summed E-state index contributed by atoms with van der Waals surface area (Å²) in [5, 5.41) is 14.0. The maximum Gasteiger partial charge on any atom is 0.268 e. The molecule has 3 atom stereocenters. The van der Waals surface area contributed by atoms with Crippen LogP contribution in [0.1, 0.15) is 367 Å². The minimum atomic E-state index is -4.60. The first-order chi connectivity index (χ1) is 38.5. The van der Waals surface area contributed by atoms with Crippen molar-refractivity contribution in [1.82, 2.24) is 5.32 Å². The average Bonchev–Trinajstić information content (AvgIpc) is 3.42. The second-order valence-corrected chi connectivity index (χ2v) is 27.0. The maximum atomic E-state index is 13.0. The molecule has 0 aromatic heterocycles. The van der Waals surface area contributed by atoms with Crippen LogP contribution in [-0.4, -0.2) is 68.5 Å². The van der Waals surface area contributed by atoms with Crippen molar-refractivity contribution in [2.24, 2.45) is 0 Å². The molecule has 0 rings (SSSR count). The molecule has 0 aliphatic carbocycles. The third-order valence-corrected chi connectivity index (χ3v) is 17.4. The number of aliphatic hydroxyl groups excluding tert-OH is 1. The Bertz CT molecular complexity index is 1340. The number of nitrogens with one attached hydrogen (secondary N) is 1. The van der Waals surface area contributed by atoms with Crippen LogP contribution in [0.25, 0.3) is 0 Å². The van der Waals surface area contributed by atoms with Crippen molar-refractivity contribution < 1.29 is 32.9 Å². The van der Waals surface area contributed by atoms with E-state index in [0.29, 0.717) is 17.4 Å². The van der Waals surface area contributed by atoms with E-state index in [2.05, 4.69) is 31.3 Å². The summed E-state index contributed by atoms with van der Waals surface area (Å²) in [6, 6.07) is -0.885. The standard InChI is InChI=1S/C70H139N2O6P/c1-6-8-10-12-14-16-18-20-22-24-26-28-30-32-33-34-35-36-37-38-39-40-42-44-46-48-50-52-54-56-58-60-62-64-70(74)71-68(67-78-79(75,76)77-66-65-72(3,4)5)69(73)63-61-59-57-55-53-51-49-47-45-43-41-31-29-27-25-23-21-19-17-15-13-11-9-7-2/h32-33,61,63,68-69,73H,6-31,34-60,62,64-67H2,1-5H3,(H-,71,74,75,76)/b33-32-,63-61+. The van der Waals surface area contributed by atoms with Crippen LogP contribution in [0.5, 0.6) is 0 Å². The highest BCUT2D eigenvalue weighted by Crippen LogP contribution is 2.38. The van der Waals surface area contributed by atoms with Gasteiger partial charge < -0.3 is 28.8 Å². The molecule has 0 heterocycles. The van der Waals surface area contributed by atoms with E-state index >= 15 is 0 Å². The number of unbranched alkanes of at least 4 members (excludes halogenated alkanes) is 51. The third-order valence-electron chi connectivity index (χ3n) is 16.4. The SMILES string of the molecule is CCCCCCCCCCCCCC/C=C\CCCCCCCCCCCCCCCCCCCC(=O)NC(COP(=O)([O-])OCC[N+](C)(C)C)C(O)/C=C/CCCCCCCCCCCCCCCCCCCCCCCC. The number of amides is 1. The Balaban J connectivity index is 4.02. The third kappa shape index (κ3) is 64.4. The molecule has 79 heavy (non-hydrogen) atoms.